The summed E-state index contributed by atoms with van der Waals surface area (Å²) in [5.74, 6) is -0.317. The Bertz CT molecular complexity index is 1730. The zero-order chi connectivity index (χ0) is 32.3. The van der Waals surface area contributed by atoms with Crippen LogP contribution in [0, 0.1) is 5.82 Å². The van der Waals surface area contributed by atoms with Crippen molar-refractivity contribution in [1.29, 1.82) is 0 Å². The maximum Gasteiger partial charge on any atom is 0.573 e. The van der Waals surface area contributed by atoms with E-state index in [2.05, 4.69) is 30.7 Å². The topological polar surface area (TPSA) is 96.7 Å². The number of hydrogen-bond donors (Lipinski definition) is 2. The highest BCUT2D eigenvalue weighted by Gasteiger charge is 2.33. The second-order valence-electron chi connectivity index (χ2n) is 10.2. The number of rotatable bonds is 8. The van der Waals surface area contributed by atoms with E-state index in [-0.39, 0.29) is 34.5 Å². The number of thiocarbonyl (C=S) groups is 1. The number of aliphatic imine (C=N–C) groups is 1. The van der Waals surface area contributed by atoms with E-state index in [0.717, 1.165) is 16.7 Å². The Labute approximate surface area is 265 Å². The van der Waals surface area contributed by atoms with Gasteiger partial charge in [-0.05, 0) is 72.6 Å². The van der Waals surface area contributed by atoms with Crippen LogP contribution in [0.4, 0.5) is 23.2 Å². The summed E-state index contributed by atoms with van der Waals surface area (Å²) >= 11 is 6.64. The predicted octanol–water partition coefficient (Wildman–Crippen LogP) is 6.67. The Balaban J connectivity index is 1.20. The summed E-state index contributed by atoms with van der Waals surface area (Å²) < 4.78 is 56.7. The molecule has 3 aromatic carbocycles. The molecule has 0 aliphatic carbocycles. The first-order valence-corrected chi connectivity index (χ1v) is 15.0. The van der Waals surface area contributed by atoms with Gasteiger partial charge in [0.1, 0.15) is 17.9 Å². The molecule has 0 radical (unpaired) electrons. The standard InChI is InChI=1S/C30H27F4N7O2S2/c1-17(2)24-13-8-21(31)14-25(24)41-26(42)15-45-29(41)36-28(44)38-37-18(3)19-4-6-20(7-5-19)27-35-16-40(39-27)22-9-11-23(12-10-22)43-30(32,33)34/h4-14,16-18,37H,15H2,1-3H3,(H,38,44). The van der Waals surface area contributed by atoms with E-state index in [1.165, 1.54) is 64.1 Å². The molecule has 1 aromatic heterocycles. The first-order valence-electron chi connectivity index (χ1n) is 13.7. The van der Waals surface area contributed by atoms with E-state index in [1.807, 2.05) is 45.0 Å². The molecule has 1 aliphatic heterocycles. The number of alkyl halides is 3. The lowest BCUT2D eigenvalue weighted by molar-refractivity contribution is -0.274. The summed E-state index contributed by atoms with van der Waals surface area (Å²) in [6.45, 7) is 5.85. The molecular weight excluding hydrogens is 631 g/mol. The zero-order valence-corrected chi connectivity index (χ0v) is 25.8. The summed E-state index contributed by atoms with van der Waals surface area (Å²) in [4.78, 5) is 22.9. The number of aromatic nitrogens is 3. The number of nitrogens with zero attached hydrogens (tertiary/aromatic N) is 5. The molecule has 9 nitrogen and oxygen atoms in total. The highest BCUT2D eigenvalue weighted by atomic mass is 32.2. The number of hydrogen-bond acceptors (Lipinski definition) is 7. The van der Waals surface area contributed by atoms with E-state index >= 15 is 0 Å². The van der Waals surface area contributed by atoms with Gasteiger partial charge in [0.25, 0.3) is 0 Å². The van der Waals surface area contributed by atoms with Crippen LogP contribution in [0.1, 0.15) is 43.9 Å². The van der Waals surface area contributed by atoms with Crippen molar-refractivity contribution in [1.82, 2.24) is 25.6 Å². The van der Waals surface area contributed by atoms with Gasteiger partial charge in [0, 0.05) is 11.6 Å². The largest absolute Gasteiger partial charge is 0.573 e. The summed E-state index contributed by atoms with van der Waals surface area (Å²) in [6.07, 6.45) is -3.30. The number of ether oxygens (including phenoxy) is 1. The molecule has 1 unspecified atom stereocenters. The highest BCUT2D eigenvalue weighted by Crippen LogP contribution is 2.34. The summed E-state index contributed by atoms with van der Waals surface area (Å²) in [5, 5.41) is 4.89. The monoisotopic (exact) mass is 657 g/mol. The van der Waals surface area contributed by atoms with E-state index < -0.39 is 12.2 Å². The molecule has 15 heteroatoms. The highest BCUT2D eigenvalue weighted by molar-refractivity contribution is 8.15. The smallest absolute Gasteiger partial charge is 0.406 e. The van der Waals surface area contributed by atoms with Gasteiger partial charge >= 0.3 is 6.36 Å². The van der Waals surface area contributed by atoms with Gasteiger partial charge in [0.05, 0.1) is 17.1 Å². The molecule has 2 N–H and O–H groups in total. The predicted molar refractivity (Wildman–Crippen MR) is 169 cm³/mol. The van der Waals surface area contributed by atoms with Gasteiger partial charge in [-0.25, -0.2) is 19.5 Å². The third kappa shape index (κ3) is 7.85. The molecule has 1 aliphatic rings. The van der Waals surface area contributed by atoms with Crippen LogP contribution < -0.4 is 20.5 Å². The van der Waals surface area contributed by atoms with E-state index in [0.29, 0.717) is 22.4 Å². The van der Waals surface area contributed by atoms with E-state index in [4.69, 9.17) is 12.2 Å². The normalized spacial score (nSPS) is 15.2. The SMILES string of the molecule is CC(C)c1ccc(F)cc1N1C(=O)CSC1=NC(=S)NNC(C)c1ccc(-c2ncn(-c3ccc(OC(F)(F)F)cc3)n2)cc1. The van der Waals surface area contributed by atoms with Gasteiger partial charge in [-0.15, -0.1) is 18.3 Å². The fourth-order valence-electron chi connectivity index (χ4n) is 4.49. The van der Waals surface area contributed by atoms with Crippen LogP contribution in [0.25, 0.3) is 17.1 Å². The second-order valence-corrected chi connectivity index (χ2v) is 11.6. The van der Waals surface area contributed by atoms with Crippen molar-refractivity contribution in [2.45, 2.75) is 39.1 Å². The van der Waals surface area contributed by atoms with E-state index in [9.17, 15) is 22.4 Å². The van der Waals surface area contributed by atoms with Crippen molar-refractivity contribution in [3.8, 4) is 22.8 Å². The van der Waals surface area contributed by atoms with Crippen LogP contribution in [-0.4, -0.2) is 43.1 Å². The summed E-state index contributed by atoms with van der Waals surface area (Å²) in [7, 11) is 0. The number of carbonyl (C=O) groups excluding carboxylic acids is 1. The number of carbonyl (C=O) groups is 1. The molecule has 1 fully saturated rings. The number of thioether (sulfide) groups is 1. The number of halogens is 4. The third-order valence-corrected chi connectivity index (χ3v) is 7.83. The third-order valence-electron chi connectivity index (χ3n) is 6.71. The van der Waals surface area contributed by atoms with Crippen LogP contribution >= 0.6 is 24.0 Å². The fourth-order valence-corrected chi connectivity index (χ4v) is 5.56. The van der Waals surface area contributed by atoms with Crippen molar-refractivity contribution in [3.05, 3.63) is 90.0 Å². The van der Waals surface area contributed by atoms with Crippen molar-refractivity contribution in [2.75, 3.05) is 10.7 Å². The Morgan fingerprint density at radius 3 is 2.44 bits per heavy atom. The summed E-state index contributed by atoms with van der Waals surface area (Å²) in [5.41, 5.74) is 9.43. The lowest BCUT2D eigenvalue weighted by Gasteiger charge is -2.22. The van der Waals surface area contributed by atoms with Crippen LogP contribution in [0.3, 0.4) is 0 Å². The molecule has 1 amide bonds. The van der Waals surface area contributed by atoms with Crippen LogP contribution in [0.2, 0.25) is 0 Å². The van der Waals surface area contributed by atoms with Gasteiger partial charge < -0.3 is 4.74 Å². The Hall–Kier alpha value is -4.34. The minimum absolute atomic E-state index is 0.0632. The number of nitrogens with one attached hydrogen (secondary N) is 2. The molecular formula is C30H27F4N7O2S2. The van der Waals surface area contributed by atoms with Gasteiger partial charge in [0.15, 0.2) is 11.0 Å². The number of anilines is 1. The molecule has 1 atom stereocenters. The minimum atomic E-state index is -4.76. The van der Waals surface area contributed by atoms with E-state index in [1.54, 1.807) is 6.07 Å². The zero-order valence-electron chi connectivity index (χ0n) is 24.2. The molecule has 0 bridgehead atoms. The molecule has 234 valence electrons. The van der Waals surface area contributed by atoms with Crippen LogP contribution in [0.15, 0.2) is 78.0 Å². The second kappa shape index (κ2) is 13.3. The Kier molecular flexibility index (Phi) is 9.51. The molecule has 0 saturated carbocycles. The maximum atomic E-state index is 14.1. The van der Waals surface area contributed by atoms with Gasteiger partial charge in [-0.3, -0.25) is 15.1 Å². The van der Waals surface area contributed by atoms with Crippen molar-refractivity contribution in [3.63, 3.8) is 0 Å². The minimum Gasteiger partial charge on any atom is -0.406 e. The molecule has 2 heterocycles. The molecule has 1 saturated heterocycles. The van der Waals surface area contributed by atoms with Gasteiger partial charge in [-0.2, -0.15) is 4.99 Å². The fraction of sp³-hybridized carbons (Fsp3) is 0.233. The number of amides is 1. The van der Waals surface area contributed by atoms with Crippen molar-refractivity contribution < 1.29 is 27.1 Å². The van der Waals surface area contributed by atoms with Crippen molar-refractivity contribution >= 4 is 45.9 Å². The first kappa shape index (κ1) is 32.1. The maximum absolute atomic E-state index is 14.1. The van der Waals surface area contributed by atoms with Gasteiger partial charge in [0.2, 0.25) is 11.0 Å². The average Bonchev–Trinajstić information content (AvgIpc) is 3.62. The van der Waals surface area contributed by atoms with Gasteiger partial charge in [-0.1, -0.05) is 55.9 Å². The number of benzene rings is 3. The molecule has 5 rings (SSSR count). The van der Waals surface area contributed by atoms with Crippen LogP contribution in [0.5, 0.6) is 5.75 Å². The Morgan fingerprint density at radius 2 is 1.78 bits per heavy atom. The number of amidine groups is 1. The first-order chi connectivity index (χ1) is 21.4. The molecule has 0 spiro atoms. The lowest BCUT2D eigenvalue weighted by atomic mass is 10.0. The van der Waals surface area contributed by atoms with Crippen LogP contribution in [-0.2, 0) is 4.79 Å². The molecule has 45 heavy (non-hydrogen) atoms. The lowest BCUT2D eigenvalue weighted by Crippen LogP contribution is -2.38. The average molecular weight is 658 g/mol. The molecule has 4 aromatic rings. The quantitative estimate of drug-likeness (QED) is 0.123. The Morgan fingerprint density at radius 1 is 1.07 bits per heavy atom. The summed E-state index contributed by atoms with van der Waals surface area (Å²) in [6, 6.07) is 16.9. The number of hydrazine groups is 1. The van der Waals surface area contributed by atoms with Crippen molar-refractivity contribution in [2.24, 2.45) is 4.99 Å².